The van der Waals surface area contributed by atoms with Crippen LogP contribution in [0.5, 0.6) is 5.75 Å². The number of hydrogen-bond acceptors (Lipinski definition) is 3. The van der Waals surface area contributed by atoms with Crippen molar-refractivity contribution in [3.63, 3.8) is 0 Å². The normalized spacial score (nSPS) is 10.7. The molecule has 1 heterocycles. The first-order chi connectivity index (χ1) is 9.11. The first-order valence-electron chi connectivity index (χ1n) is 6.00. The van der Waals surface area contributed by atoms with Gasteiger partial charge in [-0.1, -0.05) is 12.1 Å². The lowest BCUT2D eigenvalue weighted by Gasteiger charge is -2.06. The maximum absolute atomic E-state index is 5.72. The predicted octanol–water partition coefficient (Wildman–Crippen LogP) is 3.22. The minimum atomic E-state index is 0.532. The van der Waals surface area contributed by atoms with Gasteiger partial charge in [-0.05, 0) is 40.5 Å². The summed E-state index contributed by atoms with van der Waals surface area (Å²) in [4.78, 5) is 0. The second-order valence-corrected chi connectivity index (χ2v) is 5.10. The molecule has 5 heteroatoms. The molecule has 0 aliphatic carbocycles. The molecule has 0 radical (unpaired) electrons. The molecule has 2 rings (SSSR count). The van der Waals surface area contributed by atoms with Crippen LogP contribution in [0.2, 0.25) is 0 Å². The zero-order chi connectivity index (χ0) is 13.8. The Kier molecular flexibility index (Phi) is 4.61. The van der Waals surface area contributed by atoms with Crippen molar-refractivity contribution in [3.8, 4) is 5.75 Å². The van der Waals surface area contributed by atoms with Crippen LogP contribution in [0.1, 0.15) is 17.0 Å². The summed E-state index contributed by atoms with van der Waals surface area (Å²) < 4.78 is 13.7. The zero-order valence-electron chi connectivity index (χ0n) is 11.3. The third kappa shape index (κ3) is 3.36. The molecule has 2 aromatic rings. The monoisotopic (exact) mass is 324 g/mol. The van der Waals surface area contributed by atoms with Gasteiger partial charge in [-0.25, -0.2) is 0 Å². The van der Waals surface area contributed by atoms with Gasteiger partial charge in [0.15, 0.2) is 0 Å². The summed E-state index contributed by atoms with van der Waals surface area (Å²) in [6, 6.07) is 7.87. The molecule has 0 bridgehead atoms. The highest BCUT2D eigenvalue weighted by atomic mass is 79.9. The maximum atomic E-state index is 5.72. The molecule has 0 aliphatic rings. The number of ether oxygens (including phenoxy) is 2. The van der Waals surface area contributed by atoms with Gasteiger partial charge in [0.25, 0.3) is 0 Å². The van der Waals surface area contributed by atoms with E-state index in [1.54, 1.807) is 7.11 Å². The molecule has 0 amide bonds. The first-order valence-corrected chi connectivity index (χ1v) is 6.79. The summed E-state index contributed by atoms with van der Waals surface area (Å²) in [5.41, 5.74) is 3.15. The number of rotatable bonds is 5. The Hall–Kier alpha value is -1.33. The molecule has 0 spiro atoms. The largest absolute Gasteiger partial charge is 0.497 e. The Bertz CT molecular complexity index is 549. The lowest BCUT2D eigenvalue weighted by molar-refractivity contribution is 0.101. The highest BCUT2D eigenvalue weighted by Gasteiger charge is 2.10. The van der Waals surface area contributed by atoms with E-state index in [0.717, 1.165) is 27.2 Å². The van der Waals surface area contributed by atoms with Crippen LogP contribution in [0.4, 0.5) is 0 Å². The molecule has 0 atom stereocenters. The number of methoxy groups -OCH3 is 1. The van der Waals surface area contributed by atoms with E-state index in [4.69, 9.17) is 9.47 Å². The molecule has 19 heavy (non-hydrogen) atoms. The van der Waals surface area contributed by atoms with Crippen LogP contribution in [-0.2, 0) is 25.0 Å². The summed E-state index contributed by atoms with van der Waals surface area (Å²) >= 11 is 3.53. The molecule has 0 fully saturated rings. The Morgan fingerprint density at radius 1 is 1.21 bits per heavy atom. The SMILES string of the molecule is COc1ccc(COCc2c(Br)c(C)nn2C)cc1. The molecule has 0 aliphatic heterocycles. The minimum absolute atomic E-state index is 0.532. The summed E-state index contributed by atoms with van der Waals surface area (Å²) in [5.74, 6) is 0.855. The van der Waals surface area contributed by atoms with Crippen molar-refractivity contribution in [2.45, 2.75) is 20.1 Å². The Labute approximate surface area is 121 Å². The standard InChI is InChI=1S/C14H17BrN2O2/c1-10-14(15)13(17(2)16-10)9-19-8-11-4-6-12(18-3)7-5-11/h4-7H,8-9H2,1-3H3. The highest BCUT2D eigenvalue weighted by Crippen LogP contribution is 2.21. The van der Waals surface area contributed by atoms with E-state index in [-0.39, 0.29) is 0 Å². The van der Waals surface area contributed by atoms with Crippen LogP contribution >= 0.6 is 15.9 Å². The van der Waals surface area contributed by atoms with E-state index in [0.29, 0.717) is 13.2 Å². The molecule has 102 valence electrons. The number of benzene rings is 1. The minimum Gasteiger partial charge on any atom is -0.497 e. The fourth-order valence-corrected chi connectivity index (χ4v) is 2.27. The van der Waals surface area contributed by atoms with Gasteiger partial charge in [-0.2, -0.15) is 5.10 Å². The van der Waals surface area contributed by atoms with E-state index in [1.807, 2.05) is 42.9 Å². The number of nitrogens with zero attached hydrogens (tertiary/aromatic N) is 2. The third-order valence-electron chi connectivity index (χ3n) is 2.93. The van der Waals surface area contributed by atoms with E-state index in [1.165, 1.54) is 0 Å². The lowest BCUT2D eigenvalue weighted by atomic mass is 10.2. The summed E-state index contributed by atoms with van der Waals surface area (Å²) in [7, 11) is 3.58. The number of hydrogen-bond donors (Lipinski definition) is 0. The van der Waals surface area contributed by atoms with Crippen molar-refractivity contribution in [2.75, 3.05) is 7.11 Å². The lowest BCUT2D eigenvalue weighted by Crippen LogP contribution is -2.02. The average Bonchev–Trinajstić information content (AvgIpc) is 2.66. The fourth-order valence-electron chi connectivity index (χ4n) is 1.82. The molecule has 0 N–H and O–H groups in total. The second-order valence-electron chi connectivity index (χ2n) is 4.31. The molecular weight excluding hydrogens is 308 g/mol. The number of aromatic nitrogens is 2. The Morgan fingerprint density at radius 2 is 1.89 bits per heavy atom. The average molecular weight is 325 g/mol. The Morgan fingerprint density at radius 3 is 2.42 bits per heavy atom. The van der Waals surface area contributed by atoms with Gasteiger partial charge in [-0.3, -0.25) is 4.68 Å². The van der Waals surface area contributed by atoms with Crippen LogP contribution < -0.4 is 4.74 Å². The third-order valence-corrected chi connectivity index (χ3v) is 3.96. The van der Waals surface area contributed by atoms with Crippen LogP contribution in [0.3, 0.4) is 0 Å². The molecule has 1 aromatic heterocycles. The van der Waals surface area contributed by atoms with Gasteiger partial charge in [0.2, 0.25) is 0 Å². The van der Waals surface area contributed by atoms with E-state index in [2.05, 4.69) is 21.0 Å². The topological polar surface area (TPSA) is 36.3 Å². The van der Waals surface area contributed by atoms with Crippen LogP contribution in [0, 0.1) is 6.92 Å². The molecule has 0 unspecified atom stereocenters. The quantitative estimate of drug-likeness (QED) is 0.847. The van der Waals surface area contributed by atoms with Crippen LogP contribution in [0.25, 0.3) is 0 Å². The number of halogens is 1. The summed E-state index contributed by atoms with van der Waals surface area (Å²) in [6.07, 6.45) is 0. The van der Waals surface area contributed by atoms with Gasteiger partial charge >= 0.3 is 0 Å². The number of aryl methyl sites for hydroxylation is 2. The van der Waals surface area contributed by atoms with Crippen molar-refractivity contribution < 1.29 is 9.47 Å². The van der Waals surface area contributed by atoms with Gasteiger partial charge in [0, 0.05) is 7.05 Å². The smallest absolute Gasteiger partial charge is 0.118 e. The van der Waals surface area contributed by atoms with Gasteiger partial charge in [0.1, 0.15) is 5.75 Å². The van der Waals surface area contributed by atoms with Gasteiger partial charge < -0.3 is 9.47 Å². The highest BCUT2D eigenvalue weighted by molar-refractivity contribution is 9.10. The molecule has 0 saturated carbocycles. The molecule has 0 saturated heterocycles. The van der Waals surface area contributed by atoms with Crippen molar-refractivity contribution in [1.29, 1.82) is 0 Å². The molecule has 4 nitrogen and oxygen atoms in total. The molecular formula is C14H17BrN2O2. The van der Waals surface area contributed by atoms with E-state index in [9.17, 15) is 0 Å². The van der Waals surface area contributed by atoms with Crippen molar-refractivity contribution >= 4 is 15.9 Å². The fraction of sp³-hybridized carbons (Fsp3) is 0.357. The van der Waals surface area contributed by atoms with E-state index < -0.39 is 0 Å². The summed E-state index contributed by atoms with van der Waals surface area (Å²) in [5, 5.41) is 4.33. The second kappa shape index (κ2) is 6.21. The van der Waals surface area contributed by atoms with Gasteiger partial charge in [0.05, 0.1) is 36.2 Å². The predicted molar refractivity (Wildman–Crippen MR) is 77.1 cm³/mol. The maximum Gasteiger partial charge on any atom is 0.118 e. The van der Waals surface area contributed by atoms with Crippen LogP contribution in [-0.4, -0.2) is 16.9 Å². The Balaban J connectivity index is 1.92. The van der Waals surface area contributed by atoms with Crippen molar-refractivity contribution in [3.05, 3.63) is 45.7 Å². The molecule has 1 aromatic carbocycles. The zero-order valence-corrected chi connectivity index (χ0v) is 12.9. The van der Waals surface area contributed by atoms with Crippen molar-refractivity contribution in [1.82, 2.24) is 9.78 Å². The summed E-state index contributed by atoms with van der Waals surface area (Å²) in [6.45, 7) is 3.07. The van der Waals surface area contributed by atoms with E-state index >= 15 is 0 Å². The van der Waals surface area contributed by atoms with Crippen LogP contribution in [0.15, 0.2) is 28.7 Å². The first kappa shape index (κ1) is 14.1. The van der Waals surface area contributed by atoms with Crippen molar-refractivity contribution in [2.24, 2.45) is 7.05 Å². The van der Waals surface area contributed by atoms with Gasteiger partial charge in [-0.15, -0.1) is 0 Å².